The van der Waals surface area contributed by atoms with Crippen LogP contribution < -0.4 is 4.90 Å². The Kier molecular flexibility index (Phi) is 7.58. The number of para-hydroxylation sites is 1. The van der Waals surface area contributed by atoms with E-state index in [2.05, 4.69) is 198 Å². The number of nitrogens with zero attached hydrogens (tertiary/aromatic N) is 1. The third kappa shape index (κ3) is 4.60. The van der Waals surface area contributed by atoms with Crippen LogP contribution in [0.25, 0.3) is 44.5 Å². The normalized spacial score (nSPS) is 25.9. The predicted molar refractivity (Wildman–Crippen MR) is 259 cm³/mol. The van der Waals surface area contributed by atoms with E-state index in [-0.39, 0.29) is 10.8 Å². The molecule has 13 rings (SSSR count). The minimum Gasteiger partial charge on any atom is -0.310 e. The molecule has 62 heavy (non-hydrogen) atoms. The SMILES string of the molecule is CC(C)c1ccc(-c2ccc(C(C)C)cc2-c2ccccc2N(c2ccc3c(c2)C(C)(C)c2ccccc2-3)c2ccc3c(c2)C2(c4ccccc4-3)C3CC4CC5CC2C53C4)cc1. The van der Waals surface area contributed by atoms with Gasteiger partial charge in [0.1, 0.15) is 0 Å². The summed E-state index contributed by atoms with van der Waals surface area (Å²) in [6, 6.07) is 59.4. The second-order valence-electron chi connectivity index (χ2n) is 21.3. The van der Waals surface area contributed by atoms with E-state index in [0.29, 0.717) is 17.3 Å². The fourth-order valence-corrected chi connectivity index (χ4v) is 15.0. The average Bonchev–Trinajstić information content (AvgIpc) is 3.98. The van der Waals surface area contributed by atoms with Crippen LogP contribution in [0, 0.1) is 29.1 Å². The van der Waals surface area contributed by atoms with Crippen molar-refractivity contribution in [2.45, 2.75) is 89.9 Å². The summed E-state index contributed by atoms with van der Waals surface area (Å²) in [5.41, 5.74) is 23.9. The van der Waals surface area contributed by atoms with Crippen LogP contribution in [-0.2, 0) is 10.8 Å². The van der Waals surface area contributed by atoms with Gasteiger partial charge in [0.15, 0.2) is 0 Å². The second-order valence-corrected chi connectivity index (χ2v) is 21.3. The van der Waals surface area contributed by atoms with Gasteiger partial charge in [-0.2, -0.15) is 0 Å². The highest BCUT2D eigenvalue weighted by molar-refractivity contribution is 5.96. The lowest BCUT2D eigenvalue weighted by atomic mass is 9.27. The Balaban J connectivity index is 1.04. The van der Waals surface area contributed by atoms with E-state index in [0.717, 1.165) is 23.7 Å². The Morgan fingerprint density at radius 3 is 1.74 bits per heavy atom. The molecular weight excluding hydrogens is 747 g/mol. The number of hydrogen-bond donors (Lipinski definition) is 0. The Morgan fingerprint density at radius 2 is 1.03 bits per heavy atom. The number of fused-ring (bicyclic) bond motifs is 11. The fraction of sp³-hybridized carbons (Fsp3) is 0.311. The van der Waals surface area contributed by atoms with Gasteiger partial charge in [0.25, 0.3) is 0 Å². The highest BCUT2D eigenvalue weighted by Crippen LogP contribution is 2.89. The van der Waals surface area contributed by atoms with Crippen molar-refractivity contribution in [1.29, 1.82) is 0 Å². The third-order valence-electron chi connectivity index (χ3n) is 17.7. The molecule has 0 N–H and O–H groups in total. The maximum absolute atomic E-state index is 2.68. The molecule has 6 atom stereocenters. The molecule has 0 radical (unpaired) electrons. The number of rotatable bonds is 7. The molecule has 306 valence electrons. The van der Waals surface area contributed by atoms with E-state index in [1.807, 2.05) is 0 Å². The van der Waals surface area contributed by atoms with Crippen molar-refractivity contribution in [3.05, 3.63) is 185 Å². The molecule has 6 aliphatic carbocycles. The van der Waals surface area contributed by atoms with E-state index >= 15 is 0 Å². The van der Waals surface area contributed by atoms with Crippen molar-refractivity contribution in [3.8, 4) is 44.5 Å². The Hall–Kier alpha value is -5.66. The van der Waals surface area contributed by atoms with E-state index in [1.165, 1.54) is 110 Å². The van der Waals surface area contributed by atoms with Crippen LogP contribution in [0.1, 0.15) is 112 Å². The number of hydrogen-bond acceptors (Lipinski definition) is 1. The smallest absolute Gasteiger partial charge is 0.0540 e. The lowest BCUT2D eigenvalue weighted by Crippen LogP contribution is -2.73. The second kappa shape index (κ2) is 12.7. The molecule has 2 bridgehead atoms. The van der Waals surface area contributed by atoms with Crippen molar-refractivity contribution < 1.29 is 0 Å². The molecule has 0 heterocycles. The molecule has 4 fully saturated rings. The first kappa shape index (κ1) is 36.9. The zero-order valence-electron chi connectivity index (χ0n) is 37.2. The van der Waals surface area contributed by atoms with E-state index in [1.54, 1.807) is 11.1 Å². The summed E-state index contributed by atoms with van der Waals surface area (Å²) in [4.78, 5) is 2.64. The fourth-order valence-electron chi connectivity index (χ4n) is 15.0. The monoisotopic (exact) mass is 803 g/mol. The molecule has 7 aromatic rings. The molecular formula is C61H57N. The largest absolute Gasteiger partial charge is 0.310 e. The molecule has 0 aromatic heterocycles. The molecule has 0 saturated heterocycles. The zero-order valence-corrected chi connectivity index (χ0v) is 37.2. The predicted octanol–water partition coefficient (Wildman–Crippen LogP) is 16.4. The van der Waals surface area contributed by atoms with Gasteiger partial charge in [-0.25, -0.2) is 0 Å². The Bertz CT molecular complexity index is 3000. The number of benzene rings is 7. The van der Waals surface area contributed by atoms with Gasteiger partial charge in [-0.1, -0.05) is 163 Å². The lowest BCUT2D eigenvalue weighted by molar-refractivity contribution is -0.231. The topological polar surface area (TPSA) is 3.24 Å². The van der Waals surface area contributed by atoms with Crippen LogP contribution in [0.5, 0.6) is 0 Å². The number of anilines is 3. The van der Waals surface area contributed by atoms with Crippen molar-refractivity contribution in [2.75, 3.05) is 4.90 Å². The molecule has 1 nitrogen and oxygen atoms in total. The van der Waals surface area contributed by atoms with Crippen molar-refractivity contribution in [2.24, 2.45) is 29.1 Å². The van der Waals surface area contributed by atoms with Gasteiger partial charge in [-0.3, -0.25) is 0 Å². The Morgan fingerprint density at radius 1 is 0.468 bits per heavy atom. The van der Waals surface area contributed by atoms with Crippen molar-refractivity contribution in [3.63, 3.8) is 0 Å². The van der Waals surface area contributed by atoms with E-state index in [4.69, 9.17) is 0 Å². The molecule has 7 aromatic carbocycles. The van der Waals surface area contributed by atoms with Gasteiger partial charge < -0.3 is 4.90 Å². The minimum absolute atomic E-state index is 0.111. The molecule has 0 aliphatic heterocycles. The highest BCUT2D eigenvalue weighted by atomic mass is 15.1. The lowest BCUT2D eigenvalue weighted by Gasteiger charge is -2.76. The van der Waals surface area contributed by atoms with Crippen LogP contribution in [-0.4, -0.2) is 0 Å². The molecule has 6 unspecified atom stereocenters. The molecule has 4 saturated carbocycles. The quantitative estimate of drug-likeness (QED) is 0.155. The van der Waals surface area contributed by atoms with Crippen LogP contribution >= 0.6 is 0 Å². The molecule has 1 heteroatoms. The Labute approximate surface area is 368 Å². The summed E-state index contributed by atoms with van der Waals surface area (Å²) in [5.74, 6) is 4.31. The maximum Gasteiger partial charge on any atom is 0.0540 e. The average molecular weight is 804 g/mol. The summed E-state index contributed by atoms with van der Waals surface area (Å²) in [6.07, 6.45) is 5.79. The summed E-state index contributed by atoms with van der Waals surface area (Å²) >= 11 is 0. The first-order chi connectivity index (χ1) is 30.1. The van der Waals surface area contributed by atoms with E-state index in [9.17, 15) is 0 Å². The highest BCUT2D eigenvalue weighted by Gasteiger charge is 2.84. The van der Waals surface area contributed by atoms with Crippen LogP contribution in [0.4, 0.5) is 17.1 Å². The molecule has 6 aliphatic rings. The van der Waals surface area contributed by atoms with Gasteiger partial charge in [0.05, 0.1) is 5.69 Å². The minimum atomic E-state index is -0.111. The first-order valence-electron chi connectivity index (χ1n) is 23.7. The standard InChI is InChI=1S/C61H57N/c1-36(2)39-19-21-40(22-20-39)45-26-23-41(37(3)4)31-51(45)50-15-9-12-18-56(50)62(43-24-27-48-46-13-7-10-16-52(46)59(5,6)54(48)33-43)44-25-28-49-47-14-8-11-17-53(47)61(55(49)34-44)57-30-38-29-42-32-58(61)60(42,57)35-38/h7-28,31,33-34,36-38,42,57-58H,29-30,32,35H2,1-6H3. The maximum atomic E-state index is 2.68. The van der Waals surface area contributed by atoms with Crippen LogP contribution in [0.3, 0.4) is 0 Å². The van der Waals surface area contributed by atoms with Crippen molar-refractivity contribution in [1.82, 2.24) is 0 Å². The van der Waals surface area contributed by atoms with E-state index < -0.39 is 0 Å². The summed E-state index contributed by atoms with van der Waals surface area (Å²) in [5, 5.41) is 0. The third-order valence-corrected chi connectivity index (χ3v) is 17.7. The molecule has 0 amide bonds. The summed E-state index contributed by atoms with van der Waals surface area (Å²) in [7, 11) is 0. The summed E-state index contributed by atoms with van der Waals surface area (Å²) in [6.45, 7) is 14.0. The van der Waals surface area contributed by atoms with Gasteiger partial charge >= 0.3 is 0 Å². The van der Waals surface area contributed by atoms with Gasteiger partial charge in [-0.15, -0.1) is 0 Å². The van der Waals surface area contributed by atoms with Gasteiger partial charge in [-0.05, 0) is 169 Å². The first-order valence-corrected chi connectivity index (χ1v) is 23.7. The van der Waals surface area contributed by atoms with Crippen molar-refractivity contribution >= 4 is 17.1 Å². The van der Waals surface area contributed by atoms with Gasteiger partial charge in [0, 0.05) is 27.8 Å². The summed E-state index contributed by atoms with van der Waals surface area (Å²) < 4.78 is 0. The zero-order chi connectivity index (χ0) is 41.9. The molecule has 2 spiro atoms. The van der Waals surface area contributed by atoms with Crippen LogP contribution in [0.2, 0.25) is 0 Å². The van der Waals surface area contributed by atoms with Gasteiger partial charge in [0.2, 0.25) is 0 Å². The van der Waals surface area contributed by atoms with Crippen LogP contribution in [0.15, 0.2) is 152 Å².